The van der Waals surface area contributed by atoms with Crippen molar-refractivity contribution in [1.29, 1.82) is 0 Å². The van der Waals surface area contributed by atoms with E-state index in [1.165, 1.54) is 25.1 Å². The fourth-order valence-corrected chi connectivity index (χ4v) is 3.78. The minimum Gasteiger partial charge on any atom is -0.333 e. The van der Waals surface area contributed by atoms with Gasteiger partial charge >= 0.3 is 6.03 Å². The van der Waals surface area contributed by atoms with Gasteiger partial charge < -0.3 is 10.2 Å². The molecule has 23 heavy (non-hydrogen) atoms. The maximum absolute atomic E-state index is 13.3. The molecule has 2 aromatic rings. The van der Waals surface area contributed by atoms with Crippen LogP contribution in [0.2, 0.25) is 0 Å². The third-order valence-corrected chi connectivity index (χ3v) is 4.88. The van der Waals surface area contributed by atoms with Gasteiger partial charge in [-0.1, -0.05) is 12.1 Å². The normalized spacial score (nSPS) is 26.2. The van der Waals surface area contributed by atoms with Gasteiger partial charge in [-0.25, -0.2) is 9.18 Å². The number of carbonyl (C=O) groups is 1. The molecule has 4 nitrogen and oxygen atoms in total. The Kier molecular flexibility index (Phi) is 3.65. The summed E-state index contributed by atoms with van der Waals surface area (Å²) in [5.74, 6) is 0.452. The van der Waals surface area contributed by atoms with Crippen LogP contribution in [0.5, 0.6) is 0 Å². The molecular weight excluding hydrogens is 293 g/mol. The van der Waals surface area contributed by atoms with Crippen LogP contribution in [0.4, 0.5) is 9.18 Å². The number of nitrogens with one attached hydrogen (secondary N) is 1. The number of amides is 1. The van der Waals surface area contributed by atoms with Gasteiger partial charge in [0.2, 0.25) is 0 Å². The first-order chi connectivity index (χ1) is 11.2. The first-order valence-corrected chi connectivity index (χ1v) is 8.14. The summed E-state index contributed by atoms with van der Waals surface area (Å²) in [4.78, 5) is 14.8. The molecule has 2 aliphatic heterocycles. The fourth-order valence-electron chi connectivity index (χ4n) is 3.78. The van der Waals surface area contributed by atoms with Crippen molar-refractivity contribution >= 4 is 6.03 Å². The van der Waals surface area contributed by atoms with Crippen molar-refractivity contribution in [3.63, 3.8) is 0 Å². The summed E-state index contributed by atoms with van der Waals surface area (Å²) in [6, 6.07) is 8.36. The van der Waals surface area contributed by atoms with Gasteiger partial charge in [0.05, 0.1) is 0 Å². The summed E-state index contributed by atoms with van der Waals surface area (Å²) in [6.45, 7) is 3.28. The van der Waals surface area contributed by atoms with E-state index in [-0.39, 0.29) is 17.9 Å². The van der Waals surface area contributed by atoms with E-state index in [1.54, 1.807) is 23.0 Å². The zero-order chi connectivity index (χ0) is 15.8. The average molecular weight is 313 g/mol. The molecule has 1 amide bonds. The molecule has 1 aromatic carbocycles. The summed E-state index contributed by atoms with van der Waals surface area (Å²) >= 11 is 0. The first-order valence-electron chi connectivity index (χ1n) is 8.14. The molecule has 0 aliphatic carbocycles. The zero-order valence-electron chi connectivity index (χ0n) is 12.9. The van der Waals surface area contributed by atoms with Gasteiger partial charge in [0.1, 0.15) is 5.82 Å². The van der Waals surface area contributed by atoms with Gasteiger partial charge in [0, 0.05) is 31.5 Å². The van der Waals surface area contributed by atoms with E-state index in [0.717, 1.165) is 36.6 Å². The van der Waals surface area contributed by atoms with E-state index in [1.807, 2.05) is 12.1 Å². The van der Waals surface area contributed by atoms with Crippen LogP contribution in [0.25, 0.3) is 11.1 Å². The number of nitrogens with zero attached hydrogens (tertiary/aromatic N) is 2. The second-order valence-electron chi connectivity index (χ2n) is 6.61. The van der Waals surface area contributed by atoms with Gasteiger partial charge in [0.15, 0.2) is 0 Å². The second kappa shape index (κ2) is 5.81. The van der Waals surface area contributed by atoms with Crippen LogP contribution >= 0.6 is 0 Å². The van der Waals surface area contributed by atoms with E-state index in [2.05, 4.69) is 10.2 Å². The molecule has 0 saturated carbocycles. The van der Waals surface area contributed by atoms with Crippen molar-refractivity contribution in [2.24, 2.45) is 5.92 Å². The molecule has 5 heteroatoms. The highest BCUT2D eigenvalue weighted by Crippen LogP contribution is 2.27. The van der Waals surface area contributed by atoms with Gasteiger partial charge in [-0.3, -0.25) is 4.57 Å². The Bertz CT molecular complexity index is 715. The Morgan fingerprint density at radius 3 is 2.96 bits per heavy atom. The molecule has 0 radical (unpaired) electrons. The number of benzene rings is 1. The zero-order valence-corrected chi connectivity index (χ0v) is 12.9. The topological polar surface area (TPSA) is 37.3 Å². The second-order valence-corrected chi connectivity index (χ2v) is 6.61. The Hall–Kier alpha value is -2.14. The van der Waals surface area contributed by atoms with Crippen molar-refractivity contribution in [1.82, 2.24) is 14.8 Å². The number of piperidine rings is 1. The predicted molar refractivity (Wildman–Crippen MR) is 86.7 cm³/mol. The van der Waals surface area contributed by atoms with Crippen molar-refractivity contribution < 1.29 is 9.18 Å². The molecule has 3 atom stereocenters. The highest BCUT2D eigenvalue weighted by atomic mass is 19.1. The Morgan fingerprint density at radius 1 is 1.22 bits per heavy atom. The number of rotatable bonds is 2. The largest absolute Gasteiger partial charge is 0.333 e. The van der Waals surface area contributed by atoms with Crippen molar-refractivity contribution in [2.75, 3.05) is 19.6 Å². The van der Waals surface area contributed by atoms with Crippen LogP contribution in [0.3, 0.4) is 0 Å². The lowest BCUT2D eigenvalue weighted by molar-refractivity contribution is 0.206. The number of fused-ring (bicyclic) bond motifs is 2. The van der Waals surface area contributed by atoms with Crippen LogP contribution in [0, 0.1) is 11.7 Å². The standard InChI is InChI=1S/C18H20FN3O/c19-16-3-1-2-14(9-16)15-5-7-22(11-15)18(23)20-17-8-13-4-6-21(10-13)12-17/h1-3,5,7,9,11,13,17H,4,6,8,10,12H2,(H,20,23). The number of halogens is 1. The smallest absolute Gasteiger partial charge is 0.325 e. The third-order valence-electron chi connectivity index (χ3n) is 4.88. The molecule has 2 bridgehead atoms. The van der Waals surface area contributed by atoms with Crippen LogP contribution in [-0.2, 0) is 0 Å². The van der Waals surface area contributed by atoms with E-state index < -0.39 is 0 Å². The molecule has 120 valence electrons. The summed E-state index contributed by atoms with van der Waals surface area (Å²) < 4.78 is 14.9. The fraction of sp³-hybridized carbons (Fsp3) is 0.389. The molecule has 4 rings (SSSR count). The predicted octanol–water partition coefficient (Wildman–Crippen LogP) is 2.95. The SMILES string of the molecule is O=C(NC1CC2CCN(C2)C1)n1ccc(-c2cccc(F)c2)c1. The van der Waals surface area contributed by atoms with Crippen LogP contribution in [0.1, 0.15) is 12.8 Å². The third kappa shape index (κ3) is 3.01. The molecule has 3 heterocycles. The highest BCUT2D eigenvalue weighted by Gasteiger charge is 2.32. The monoisotopic (exact) mass is 313 g/mol. The molecular formula is C18H20FN3O. The van der Waals surface area contributed by atoms with E-state index in [0.29, 0.717) is 0 Å². The van der Waals surface area contributed by atoms with Crippen molar-refractivity contribution in [2.45, 2.75) is 18.9 Å². The summed E-state index contributed by atoms with van der Waals surface area (Å²) in [6.07, 6.45) is 5.80. The lowest BCUT2D eigenvalue weighted by Crippen LogP contribution is -2.47. The minimum atomic E-state index is -0.272. The van der Waals surface area contributed by atoms with E-state index >= 15 is 0 Å². The lowest BCUT2D eigenvalue weighted by atomic mass is 9.97. The lowest BCUT2D eigenvalue weighted by Gasteiger charge is -2.30. The van der Waals surface area contributed by atoms with Crippen molar-refractivity contribution in [3.05, 3.63) is 48.5 Å². The van der Waals surface area contributed by atoms with Gasteiger partial charge in [-0.05, 0) is 54.6 Å². The Labute approximate surface area is 134 Å². The summed E-state index contributed by atoms with van der Waals surface area (Å²) in [5.41, 5.74) is 1.62. The van der Waals surface area contributed by atoms with E-state index in [9.17, 15) is 9.18 Å². The molecule has 1 N–H and O–H groups in total. The molecule has 0 spiro atoms. The number of carbonyl (C=O) groups excluding carboxylic acids is 1. The maximum Gasteiger partial charge on any atom is 0.325 e. The van der Waals surface area contributed by atoms with E-state index in [4.69, 9.17) is 0 Å². The number of hydrogen-bond donors (Lipinski definition) is 1. The number of aromatic nitrogens is 1. The molecule has 3 unspecified atom stereocenters. The summed E-state index contributed by atoms with van der Waals surface area (Å²) in [5, 5.41) is 3.12. The average Bonchev–Trinajstić information content (AvgIpc) is 3.14. The first kappa shape index (κ1) is 14.5. The van der Waals surface area contributed by atoms with Crippen LogP contribution in [0.15, 0.2) is 42.7 Å². The molecule has 2 saturated heterocycles. The molecule has 2 aliphatic rings. The van der Waals surface area contributed by atoms with Crippen molar-refractivity contribution in [3.8, 4) is 11.1 Å². The van der Waals surface area contributed by atoms with Crippen LogP contribution in [-0.4, -0.2) is 41.2 Å². The minimum absolute atomic E-state index is 0.111. The maximum atomic E-state index is 13.3. The van der Waals surface area contributed by atoms with Gasteiger partial charge in [0.25, 0.3) is 0 Å². The molecule has 2 fully saturated rings. The highest BCUT2D eigenvalue weighted by molar-refractivity contribution is 5.79. The number of hydrogen-bond acceptors (Lipinski definition) is 2. The Balaban J connectivity index is 1.45. The van der Waals surface area contributed by atoms with Crippen LogP contribution < -0.4 is 5.32 Å². The quantitative estimate of drug-likeness (QED) is 0.925. The molecule has 1 aromatic heterocycles. The van der Waals surface area contributed by atoms with Gasteiger partial charge in [-0.2, -0.15) is 0 Å². The van der Waals surface area contributed by atoms with Gasteiger partial charge in [-0.15, -0.1) is 0 Å². The summed E-state index contributed by atoms with van der Waals surface area (Å²) in [7, 11) is 0. The Morgan fingerprint density at radius 2 is 2.13 bits per heavy atom.